The van der Waals surface area contributed by atoms with Crippen molar-refractivity contribution in [3.63, 3.8) is 0 Å². The zero-order valence-corrected chi connectivity index (χ0v) is 6.47. The van der Waals surface area contributed by atoms with Crippen molar-refractivity contribution in [2.45, 2.75) is 0 Å². The third-order valence-electron chi connectivity index (χ3n) is 2.67. The Morgan fingerprint density at radius 1 is 1.30 bits per heavy atom. The van der Waals surface area contributed by atoms with Crippen molar-refractivity contribution in [1.82, 2.24) is 0 Å². The molecule has 2 unspecified atom stereocenters. The lowest BCUT2D eigenvalue weighted by Crippen LogP contribution is -2.14. The van der Waals surface area contributed by atoms with E-state index in [1.165, 1.54) is 0 Å². The molecule has 3 nitrogen and oxygen atoms in total. The van der Waals surface area contributed by atoms with Crippen molar-refractivity contribution in [1.29, 1.82) is 0 Å². The van der Waals surface area contributed by atoms with Crippen molar-refractivity contribution in [2.75, 3.05) is 18.1 Å². The van der Waals surface area contributed by atoms with Crippen LogP contribution in [0.4, 0.5) is 0 Å². The largest absolute Gasteiger partial charge is 0.330 e. The Bertz CT molecular complexity index is 228. The molecule has 2 atom stereocenters. The molecule has 1 saturated carbocycles. The summed E-state index contributed by atoms with van der Waals surface area (Å²) < 4.78 is 21.8. The summed E-state index contributed by atoms with van der Waals surface area (Å²) in [6, 6.07) is 0. The molecule has 10 heavy (non-hydrogen) atoms. The molecule has 2 aliphatic rings. The summed E-state index contributed by atoms with van der Waals surface area (Å²) in [5.74, 6) is 2.19. The summed E-state index contributed by atoms with van der Waals surface area (Å²) in [6.07, 6.45) is 0. The van der Waals surface area contributed by atoms with E-state index in [0.29, 0.717) is 35.8 Å². The molecule has 1 heterocycles. The monoisotopic (exact) mass is 161 g/mol. The van der Waals surface area contributed by atoms with Gasteiger partial charge in [0.1, 0.15) is 0 Å². The Balaban J connectivity index is 2.09. The summed E-state index contributed by atoms with van der Waals surface area (Å²) in [4.78, 5) is 0. The van der Waals surface area contributed by atoms with Gasteiger partial charge in [-0.3, -0.25) is 0 Å². The normalized spacial score (nSPS) is 48.7. The van der Waals surface area contributed by atoms with Crippen LogP contribution in [0.1, 0.15) is 0 Å². The maximum absolute atomic E-state index is 10.9. The van der Waals surface area contributed by atoms with Crippen LogP contribution in [-0.2, 0) is 9.84 Å². The summed E-state index contributed by atoms with van der Waals surface area (Å²) >= 11 is 0. The van der Waals surface area contributed by atoms with Crippen molar-refractivity contribution in [2.24, 2.45) is 23.5 Å². The highest BCUT2D eigenvalue weighted by Crippen LogP contribution is 2.51. The van der Waals surface area contributed by atoms with Gasteiger partial charge < -0.3 is 5.73 Å². The van der Waals surface area contributed by atoms with Gasteiger partial charge in [0.25, 0.3) is 0 Å². The molecule has 4 heteroatoms. The minimum Gasteiger partial charge on any atom is -0.330 e. The van der Waals surface area contributed by atoms with Crippen LogP contribution in [0.5, 0.6) is 0 Å². The first-order valence-electron chi connectivity index (χ1n) is 3.54. The van der Waals surface area contributed by atoms with Gasteiger partial charge in [-0.15, -0.1) is 0 Å². The van der Waals surface area contributed by atoms with Gasteiger partial charge in [0.2, 0.25) is 0 Å². The topological polar surface area (TPSA) is 60.2 Å². The highest BCUT2D eigenvalue weighted by molar-refractivity contribution is 7.91. The summed E-state index contributed by atoms with van der Waals surface area (Å²) in [6.45, 7) is 0.671. The molecule has 1 aliphatic heterocycles. The summed E-state index contributed by atoms with van der Waals surface area (Å²) in [5.41, 5.74) is 5.42. The minimum absolute atomic E-state index is 0.402. The lowest BCUT2D eigenvalue weighted by molar-refractivity contribution is 0.589. The fraction of sp³-hybridized carbons (Fsp3) is 1.00. The second kappa shape index (κ2) is 1.74. The molecule has 0 amide bonds. The van der Waals surface area contributed by atoms with E-state index in [1.54, 1.807) is 0 Å². The Morgan fingerprint density at radius 3 is 2.20 bits per heavy atom. The number of hydrogen-bond acceptors (Lipinski definition) is 3. The van der Waals surface area contributed by atoms with Crippen LogP contribution in [0, 0.1) is 17.8 Å². The van der Waals surface area contributed by atoms with Gasteiger partial charge in [0.15, 0.2) is 9.84 Å². The molecule has 0 aromatic heterocycles. The third-order valence-corrected chi connectivity index (χ3v) is 4.46. The van der Waals surface area contributed by atoms with Gasteiger partial charge in [-0.1, -0.05) is 0 Å². The van der Waals surface area contributed by atoms with Gasteiger partial charge >= 0.3 is 0 Å². The van der Waals surface area contributed by atoms with Crippen molar-refractivity contribution in [3.05, 3.63) is 0 Å². The van der Waals surface area contributed by atoms with Crippen LogP contribution in [0.2, 0.25) is 0 Å². The number of nitrogens with two attached hydrogens (primary N) is 1. The predicted molar refractivity (Wildman–Crippen MR) is 38.2 cm³/mol. The Kier molecular flexibility index (Phi) is 1.15. The van der Waals surface area contributed by atoms with Crippen LogP contribution in [0.15, 0.2) is 0 Å². The predicted octanol–water partition coefficient (Wildman–Crippen LogP) is -0.764. The van der Waals surface area contributed by atoms with E-state index in [1.807, 2.05) is 0 Å². The molecule has 0 radical (unpaired) electrons. The van der Waals surface area contributed by atoms with Gasteiger partial charge in [-0.25, -0.2) is 8.42 Å². The fourth-order valence-corrected chi connectivity index (χ4v) is 4.32. The van der Waals surface area contributed by atoms with Crippen molar-refractivity contribution >= 4 is 9.84 Å². The van der Waals surface area contributed by atoms with E-state index in [9.17, 15) is 8.42 Å². The molecular weight excluding hydrogens is 150 g/mol. The highest BCUT2D eigenvalue weighted by Gasteiger charge is 2.57. The molecule has 58 valence electrons. The smallest absolute Gasteiger partial charge is 0.150 e. The molecule has 0 aromatic rings. The average Bonchev–Trinajstić information content (AvgIpc) is 2.30. The zero-order valence-electron chi connectivity index (χ0n) is 5.66. The Hall–Kier alpha value is -0.0900. The molecule has 2 fully saturated rings. The molecule has 2 N–H and O–H groups in total. The standard InChI is InChI=1S/C6H11NO2S/c7-1-4-5-2-10(8,9)3-6(4)5/h4-6H,1-3,7H2. The lowest BCUT2D eigenvalue weighted by atomic mass is 10.3. The van der Waals surface area contributed by atoms with Crippen LogP contribution >= 0.6 is 0 Å². The van der Waals surface area contributed by atoms with Gasteiger partial charge in [0.05, 0.1) is 11.5 Å². The number of sulfone groups is 1. The van der Waals surface area contributed by atoms with Gasteiger partial charge in [-0.05, 0) is 24.3 Å². The maximum atomic E-state index is 10.9. The quantitative estimate of drug-likeness (QED) is 0.549. The SMILES string of the molecule is NCC1C2CS(=O)(=O)CC12. The van der Waals surface area contributed by atoms with Gasteiger partial charge in [0, 0.05) is 0 Å². The molecule has 0 bridgehead atoms. The first-order valence-corrected chi connectivity index (χ1v) is 5.37. The highest BCUT2D eigenvalue weighted by atomic mass is 32.2. The van der Waals surface area contributed by atoms with Crippen LogP contribution in [-0.4, -0.2) is 26.5 Å². The summed E-state index contributed by atoms with van der Waals surface area (Å²) in [5, 5.41) is 0. The fourth-order valence-electron chi connectivity index (χ4n) is 2.02. The maximum Gasteiger partial charge on any atom is 0.150 e. The second-order valence-electron chi connectivity index (χ2n) is 3.30. The molecule has 1 aliphatic carbocycles. The van der Waals surface area contributed by atoms with E-state index >= 15 is 0 Å². The Morgan fingerprint density at radius 2 is 1.80 bits per heavy atom. The molecule has 2 rings (SSSR count). The van der Waals surface area contributed by atoms with Crippen molar-refractivity contribution in [3.8, 4) is 0 Å². The van der Waals surface area contributed by atoms with Gasteiger partial charge in [-0.2, -0.15) is 0 Å². The Labute approximate surface area is 60.5 Å². The lowest BCUT2D eigenvalue weighted by Gasteiger charge is -1.98. The zero-order chi connectivity index (χ0) is 7.35. The average molecular weight is 161 g/mol. The second-order valence-corrected chi connectivity index (χ2v) is 5.46. The summed E-state index contributed by atoms with van der Waals surface area (Å²) in [7, 11) is -2.64. The first kappa shape index (κ1) is 6.61. The van der Waals surface area contributed by atoms with Crippen molar-refractivity contribution < 1.29 is 8.42 Å². The van der Waals surface area contributed by atoms with Crippen LogP contribution in [0.25, 0.3) is 0 Å². The van der Waals surface area contributed by atoms with Crippen LogP contribution in [0.3, 0.4) is 0 Å². The van der Waals surface area contributed by atoms with E-state index in [0.717, 1.165) is 0 Å². The molecule has 0 spiro atoms. The van der Waals surface area contributed by atoms with E-state index < -0.39 is 9.84 Å². The number of fused-ring (bicyclic) bond motifs is 1. The van der Waals surface area contributed by atoms with E-state index in [4.69, 9.17) is 5.73 Å². The minimum atomic E-state index is -2.64. The third kappa shape index (κ3) is 0.787. The number of hydrogen-bond donors (Lipinski definition) is 1. The van der Waals surface area contributed by atoms with E-state index in [-0.39, 0.29) is 0 Å². The molecular formula is C6H11NO2S. The van der Waals surface area contributed by atoms with Crippen LogP contribution < -0.4 is 5.73 Å². The first-order chi connectivity index (χ1) is 4.64. The number of rotatable bonds is 1. The molecule has 0 aromatic carbocycles. The molecule has 1 saturated heterocycles. The van der Waals surface area contributed by atoms with E-state index in [2.05, 4.69) is 0 Å².